The van der Waals surface area contributed by atoms with Crippen molar-refractivity contribution in [3.8, 4) is 5.75 Å². The van der Waals surface area contributed by atoms with Crippen molar-refractivity contribution in [3.05, 3.63) is 29.3 Å². The van der Waals surface area contributed by atoms with Crippen molar-refractivity contribution >= 4 is 23.7 Å². The number of cyclic esters (lactones) is 1. The molecule has 0 radical (unpaired) electrons. The number of carbonyl (C=O) groups is 2. The largest absolute Gasteiger partial charge is 0.489 e. The lowest BCUT2D eigenvalue weighted by atomic mass is 10.3. The predicted molar refractivity (Wildman–Crippen MR) is 61.6 cm³/mol. The molecule has 0 bridgehead atoms. The molecule has 0 unspecified atom stereocenters. The number of hydrogen-bond donors (Lipinski definition) is 1. The molecule has 7 heteroatoms. The lowest BCUT2D eigenvalue weighted by Crippen LogP contribution is -2.41. The van der Waals surface area contributed by atoms with E-state index in [9.17, 15) is 9.59 Å². The van der Waals surface area contributed by atoms with Crippen molar-refractivity contribution in [3.63, 3.8) is 0 Å². The van der Waals surface area contributed by atoms with Gasteiger partial charge in [-0.25, -0.2) is 9.59 Å². The Morgan fingerprint density at radius 3 is 2.94 bits per heavy atom. The highest BCUT2D eigenvalue weighted by molar-refractivity contribution is 6.32. The molecule has 1 aliphatic heterocycles. The van der Waals surface area contributed by atoms with Crippen LogP contribution >= 0.6 is 11.6 Å². The number of rotatable bonds is 3. The molecule has 2 rings (SSSR count). The van der Waals surface area contributed by atoms with Gasteiger partial charge in [0.15, 0.2) is 12.8 Å². The van der Waals surface area contributed by atoms with Crippen LogP contribution in [0.3, 0.4) is 0 Å². The van der Waals surface area contributed by atoms with E-state index in [1.165, 1.54) is 0 Å². The number of hydrogen-bond acceptors (Lipinski definition) is 4. The number of nitrogens with zero attached hydrogens (tertiary/aromatic N) is 1. The van der Waals surface area contributed by atoms with Gasteiger partial charge in [0, 0.05) is 0 Å². The number of benzene rings is 1. The molecule has 1 heterocycles. The number of amides is 1. The highest BCUT2D eigenvalue weighted by atomic mass is 35.5. The Morgan fingerprint density at radius 2 is 2.28 bits per heavy atom. The van der Waals surface area contributed by atoms with E-state index in [0.717, 1.165) is 4.90 Å². The highest BCUT2D eigenvalue weighted by Crippen LogP contribution is 2.24. The Morgan fingerprint density at radius 1 is 1.56 bits per heavy atom. The molecule has 1 saturated heterocycles. The maximum atomic E-state index is 11.4. The molecule has 0 saturated carbocycles. The van der Waals surface area contributed by atoms with Crippen molar-refractivity contribution in [1.82, 2.24) is 4.90 Å². The van der Waals surface area contributed by atoms with E-state index in [2.05, 4.69) is 4.74 Å². The van der Waals surface area contributed by atoms with E-state index in [1.54, 1.807) is 24.3 Å². The van der Waals surface area contributed by atoms with Crippen LogP contribution in [0, 0.1) is 0 Å². The van der Waals surface area contributed by atoms with Crippen molar-refractivity contribution in [2.24, 2.45) is 0 Å². The van der Waals surface area contributed by atoms with E-state index >= 15 is 0 Å². The monoisotopic (exact) mass is 271 g/mol. The minimum atomic E-state index is -1.23. The summed E-state index contributed by atoms with van der Waals surface area (Å²) in [5, 5.41) is 9.26. The normalized spacial score (nSPS) is 18.6. The lowest BCUT2D eigenvalue weighted by Gasteiger charge is -2.17. The summed E-state index contributed by atoms with van der Waals surface area (Å²) in [5.41, 5.74) is 0. The van der Waals surface area contributed by atoms with Gasteiger partial charge >= 0.3 is 12.1 Å². The lowest BCUT2D eigenvalue weighted by molar-refractivity contribution is -0.139. The Hall–Kier alpha value is -1.95. The van der Waals surface area contributed by atoms with E-state index in [1.807, 2.05) is 0 Å². The summed E-state index contributed by atoms with van der Waals surface area (Å²) in [6.45, 7) is -0.403. The Labute approximate surface area is 108 Å². The van der Waals surface area contributed by atoms with E-state index in [-0.39, 0.29) is 13.3 Å². The number of para-hydroxylation sites is 1. The molecular formula is C11H10ClNO5. The van der Waals surface area contributed by atoms with Gasteiger partial charge in [-0.3, -0.25) is 4.90 Å². The second-order valence-electron chi connectivity index (χ2n) is 3.60. The summed E-state index contributed by atoms with van der Waals surface area (Å²) < 4.78 is 9.98. The molecule has 6 nitrogen and oxygen atoms in total. The van der Waals surface area contributed by atoms with Crippen LogP contribution in [-0.2, 0) is 9.53 Å². The van der Waals surface area contributed by atoms with E-state index < -0.39 is 18.1 Å². The molecule has 1 fully saturated rings. The van der Waals surface area contributed by atoms with Crippen LogP contribution < -0.4 is 4.74 Å². The summed E-state index contributed by atoms with van der Waals surface area (Å²) in [6.07, 6.45) is -1.23. The maximum absolute atomic E-state index is 11.4. The molecule has 0 aliphatic carbocycles. The molecule has 96 valence electrons. The van der Waals surface area contributed by atoms with Gasteiger partial charge in [0.25, 0.3) is 0 Å². The fraction of sp³-hybridized carbons (Fsp3) is 0.273. The minimum absolute atomic E-state index is 0.130. The van der Waals surface area contributed by atoms with Gasteiger partial charge in [0.1, 0.15) is 12.4 Å². The fourth-order valence-corrected chi connectivity index (χ4v) is 1.71. The summed E-state index contributed by atoms with van der Waals surface area (Å²) in [4.78, 5) is 23.1. The first-order valence-electron chi connectivity index (χ1n) is 5.13. The van der Waals surface area contributed by atoms with Gasteiger partial charge in [-0.1, -0.05) is 23.7 Å². The molecule has 0 spiro atoms. The second-order valence-corrected chi connectivity index (χ2v) is 4.01. The molecule has 1 aromatic carbocycles. The first kappa shape index (κ1) is 12.5. The first-order valence-corrected chi connectivity index (χ1v) is 5.51. The third kappa shape index (κ3) is 2.48. The summed E-state index contributed by atoms with van der Waals surface area (Å²) in [7, 11) is 0. The number of halogens is 1. The summed E-state index contributed by atoms with van der Waals surface area (Å²) in [6, 6.07) is 5.77. The molecule has 1 aromatic rings. The minimum Gasteiger partial charge on any atom is -0.489 e. The molecule has 1 N–H and O–H groups in total. The van der Waals surface area contributed by atoms with Crippen molar-refractivity contribution in [1.29, 1.82) is 0 Å². The zero-order valence-corrected chi connectivity index (χ0v) is 9.96. The average Bonchev–Trinajstić information content (AvgIpc) is 2.70. The first-order chi connectivity index (χ1) is 8.59. The van der Waals surface area contributed by atoms with Crippen molar-refractivity contribution in [2.75, 3.05) is 13.3 Å². The number of carboxylic acid groups (broad SMARTS) is 1. The molecule has 1 atom stereocenters. The Balaban J connectivity index is 2.03. The molecule has 0 aromatic heterocycles. The molecular weight excluding hydrogens is 262 g/mol. The van der Waals surface area contributed by atoms with Crippen LogP contribution in [0.25, 0.3) is 0 Å². The maximum Gasteiger partial charge on any atom is 0.410 e. The van der Waals surface area contributed by atoms with Crippen molar-refractivity contribution < 1.29 is 24.2 Å². The van der Waals surface area contributed by atoms with Crippen LogP contribution in [0.2, 0.25) is 5.02 Å². The van der Waals surface area contributed by atoms with Gasteiger partial charge in [0.05, 0.1) is 5.02 Å². The van der Waals surface area contributed by atoms with Crippen LogP contribution in [0.5, 0.6) is 5.75 Å². The quantitative estimate of drug-likeness (QED) is 0.845. The third-order valence-electron chi connectivity index (χ3n) is 2.47. The average molecular weight is 272 g/mol. The number of ether oxygens (including phenoxy) is 2. The predicted octanol–water partition coefficient (Wildman–Crippen LogP) is 1.58. The van der Waals surface area contributed by atoms with Gasteiger partial charge < -0.3 is 14.6 Å². The third-order valence-corrected chi connectivity index (χ3v) is 2.79. The standard InChI is InChI=1S/C11H10ClNO5/c12-7-3-1-2-4-9(7)17-5-8-10(14)18-6-13(8)11(15)16/h1-4,8H,5-6H2,(H,15,16)/t8-/m0/s1. The molecule has 1 aliphatic rings. The van der Waals surface area contributed by atoms with Gasteiger partial charge in [-0.2, -0.15) is 0 Å². The summed E-state index contributed by atoms with van der Waals surface area (Å²) in [5.74, 6) is -0.228. The van der Waals surface area contributed by atoms with E-state index in [0.29, 0.717) is 10.8 Å². The SMILES string of the molecule is O=C1OCN(C(=O)O)[C@H]1COc1ccccc1Cl. The van der Waals surface area contributed by atoms with Gasteiger partial charge in [-0.05, 0) is 12.1 Å². The second kappa shape index (κ2) is 5.14. The van der Waals surface area contributed by atoms with Crippen molar-refractivity contribution in [2.45, 2.75) is 6.04 Å². The zero-order valence-electron chi connectivity index (χ0n) is 9.21. The summed E-state index contributed by atoms with van der Waals surface area (Å²) >= 11 is 5.87. The molecule has 18 heavy (non-hydrogen) atoms. The Bertz CT molecular complexity index is 478. The van der Waals surface area contributed by atoms with Gasteiger partial charge in [0.2, 0.25) is 0 Å². The highest BCUT2D eigenvalue weighted by Gasteiger charge is 2.38. The topological polar surface area (TPSA) is 76.1 Å². The zero-order chi connectivity index (χ0) is 13.1. The van der Waals surface area contributed by atoms with Crippen LogP contribution in [0.4, 0.5) is 4.79 Å². The number of esters is 1. The van der Waals surface area contributed by atoms with Crippen LogP contribution in [0.15, 0.2) is 24.3 Å². The van der Waals surface area contributed by atoms with Crippen LogP contribution in [0.1, 0.15) is 0 Å². The number of carbonyl (C=O) groups excluding carboxylic acids is 1. The van der Waals surface area contributed by atoms with E-state index in [4.69, 9.17) is 21.4 Å². The molecule has 1 amide bonds. The van der Waals surface area contributed by atoms with Gasteiger partial charge in [-0.15, -0.1) is 0 Å². The fourth-order valence-electron chi connectivity index (χ4n) is 1.52. The smallest absolute Gasteiger partial charge is 0.410 e. The van der Waals surface area contributed by atoms with Crippen LogP contribution in [-0.4, -0.2) is 41.4 Å². The Kier molecular flexibility index (Phi) is 3.57.